The highest BCUT2D eigenvalue weighted by atomic mass is 15.3. The summed E-state index contributed by atoms with van der Waals surface area (Å²) in [6.07, 6.45) is 3.96. The lowest BCUT2D eigenvalue weighted by Gasteiger charge is -2.34. The highest BCUT2D eigenvalue weighted by Crippen LogP contribution is 2.32. The third-order valence-electron chi connectivity index (χ3n) is 3.92. The first-order chi connectivity index (χ1) is 7.29. The van der Waals surface area contributed by atoms with Gasteiger partial charge in [-0.1, -0.05) is 6.92 Å². The molecule has 0 amide bonds. The summed E-state index contributed by atoms with van der Waals surface area (Å²) in [6, 6.07) is 0.481. The smallest absolute Gasteiger partial charge is 0.0110 e. The molecule has 0 aromatic rings. The fraction of sp³-hybridized carbons (Fsp3) is 1.00. The van der Waals surface area contributed by atoms with Gasteiger partial charge in [0.2, 0.25) is 0 Å². The Kier molecular flexibility index (Phi) is 4.00. The molecule has 1 unspecified atom stereocenters. The van der Waals surface area contributed by atoms with Gasteiger partial charge in [-0.2, -0.15) is 0 Å². The van der Waals surface area contributed by atoms with Crippen molar-refractivity contribution in [3.8, 4) is 0 Å². The van der Waals surface area contributed by atoms with Crippen LogP contribution in [0.15, 0.2) is 0 Å². The summed E-state index contributed by atoms with van der Waals surface area (Å²) in [5.74, 6) is 0.863. The van der Waals surface area contributed by atoms with E-state index in [0.717, 1.165) is 5.92 Å². The lowest BCUT2D eigenvalue weighted by atomic mass is 10.1. The van der Waals surface area contributed by atoms with Crippen LogP contribution in [0.3, 0.4) is 0 Å². The first-order valence-electron chi connectivity index (χ1n) is 6.50. The Morgan fingerprint density at radius 2 is 1.73 bits per heavy atom. The van der Waals surface area contributed by atoms with E-state index in [1.807, 2.05) is 0 Å². The van der Waals surface area contributed by atoms with Gasteiger partial charge in [-0.25, -0.2) is 0 Å². The summed E-state index contributed by atoms with van der Waals surface area (Å²) in [7, 11) is 0. The highest BCUT2D eigenvalue weighted by Gasteiger charge is 2.28. The van der Waals surface area contributed by atoms with Crippen LogP contribution in [-0.4, -0.2) is 55.1 Å². The summed E-state index contributed by atoms with van der Waals surface area (Å²) >= 11 is 0. The fourth-order valence-electron chi connectivity index (χ4n) is 2.42. The van der Waals surface area contributed by atoms with Crippen LogP contribution in [0.5, 0.6) is 0 Å². The number of nitrogens with two attached hydrogens (primary N) is 1. The van der Waals surface area contributed by atoms with E-state index < -0.39 is 0 Å². The van der Waals surface area contributed by atoms with E-state index in [0.29, 0.717) is 6.04 Å². The van der Waals surface area contributed by atoms with Gasteiger partial charge in [-0.15, -0.1) is 0 Å². The molecule has 0 radical (unpaired) electrons. The molecule has 3 nitrogen and oxygen atoms in total. The molecule has 0 bridgehead atoms. The molecular weight excluding hydrogens is 186 g/mol. The van der Waals surface area contributed by atoms with Crippen molar-refractivity contribution in [3.63, 3.8) is 0 Å². The van der Waals surface area contributed by atoms with Crippen LogP contribution in [0.2, 0.25) is 0 Å². The van der Waals surface area contributed by atoms with Crippen LogP contribution in [-0.2, 0) is 0 Å². The van der Waals surface area contributed by atoms with Gasteiger partial charge >= 0.3 is 0 Å². The van der Waals surface area contributed by atoms with Gasteiger partial charge in [0.25, 0.3) is 0 Å². The van der Waals surface area contributed by atoms with E-state index in [1.54, 1.807) is 0 Å². The van der Waals surface area contributed by atoms with E-state index in [1.165, 1.54) is 58.5 Å². The average Bonchev–Trinajstić information content (AvgIpc) is 3.10. The Bertz CT molecular complexity index is 183. The van der Waals surface area contributed by atoms with E-state index >= 15 is 0 Å². The number of nitrogens with zero attached hydrogens (tertiary/aromatic N) is 2. The molecule has 88 valence electrons. The topological polar surface area (TPSA) is 32.5 Å². The molecule has 2 N–H and O–H groups in total. The monoisotopic (exact) mass is 211 g/mol. The van der Waals surface area contributed by atoms with Crippen molar-refractivity contribution in [3.05, 3.63) is 0 Å². The fourth-order valence-corrected chi connectivity index (χ4v) is 2.42. The Morgan fingerprint density at radius 1 is 1.13 bits per heavy atom. The summed E-state index contributed by atoms with van der Waals surface area (Å²) in [5.41, 5.74) is 6.11. The predicted octanol–water partition coefficient (Wildman–Crippen LogP) is 0.751. The molecule has 1 atom stereocenters. The van der Waals surface area contributed by atoms with Crippen molar-refractivity contribution in [1.29, 1.82) is 0 Å². The van der Waals surface area contributed by atoms with Crippen molar-refractivity contribution in [2.45, 2.75) is 32.2 Å². The van der Waals surface area contributed by atoms with Crippen LogP contribution in [0, 0.1) is 5.92 Å². The number of likely N-dealkylation sites (N-methyl/N-ethyl adjacent to an activating group) is 1. The Labute approximate surface area is 93.6 Å². The third-order valence-corrected chi connectivity index (χ3v) is 3.92. The van der Waals surface area contributed by atoms with Crippen LogP contribution in [0.4, 0.5) is 0 Å². The second-order valence-corrected chi connectivity index (χ2v) is 5.07. The highest BCUT2D eigenvalue weighted by molar-refractivity contribution is 4.85. The summed E-state index contributed by atoms with van der Waals surface area (Å²) in [6.45, 7) is 9.64. The number of hydrogen-bond donors (Lipinski definition) is 1. The Morgan fingerprint density at radius 3 is 2.27 bits per heavy atom. The Balaban J connectivity index is 1.59. The van der Waals surface area contributed by atoms with Crippen LogP contribution in [0.1, 0.15) is 26.2 Å². The second kappa shape index (κ2) is 5.28. The standard InChI is InChI=1S/C12H25N3/c1-2-14-7-9-15(10-8-14)6-5-12(13)11-3-4-11/h11-12H,2-10,13H2,1H3. The molecule has 0 aromatic carbocycles. The number of hydrogen-bond acceptors (Lipinski definition) is 3. The molecule has 0 aromatic heterocycles. The molecule has 1 saturated heterocycles. The third kappa shape index (κ3) is 3.44. The van der Waals surface area contributed by atoms with Gasteiger partial charge in [0, 0.05) is 32.2 Å². The quantitative estimate of drug-likeness (QED) is 0.728. The van der Waals surface area contributed by atoms with Crippen LogP contribution < -0.4 is 5.73 Å². The van der Waals surface area contributed by atoms with Crippen molar-refractivity contribution in [1.82, 2.24) is 9.80 Å². The molecule has 1 aliphatic heterocycles. The summed E-state index contributed by atoms with van der Waals surface area (Å²) in [4.78, 5) is 5.10. The predicted molar refractivity (Wildman–Crippen MR) is 63.9 cm³/mol. The molecule has 15 heavy (non-hydrogen) atoms. The van der Waals surface area contributed by atoms with E-state index in [4.69, 9.17) is 5.73 Å². The molecule has 1 aliphatic carbocycles. The zero-order valence-corrected chi connectivity index (χ0v) is 9.99. The first-order valence-corrected chi connectivity index (χ1v) is 6.50. The van der Waals surface area contributed by atoms with Crippen molar-refractivity contribution in [2.75, 3.05) is 39.3 Å². The largest absolute Gasteiger partial charge is 0.327 e. The molecule has 2 fully saturated rings. The molecule has 1 saturated carbocycles. The van der Waals surface area contributed by atoms with Gasteiger partial charge in [0.15, 0.2) is 0 Å². The summed E-state index contributed by atoms with van der Waals surface area (Å²) in [5, 5.41) is 0. The second-order valence-electron chi connectivity index (χ2n) is 5.07. The van der Waals surface area contributed by atoms with Crippen molar-refractivity contribution >= 4 is 0 Å². The first kappa shape index (κ1) is 11.4. The minimum Gasteiger partial charge on any atom is -0.327 e. The van der Waals surface area contributed by atoms with Gasteiger partial charge in [0.05, 0.1) is 0 Å². The van der Waals surface area contributed by atoms with Gasteiger partial charge in [0.1, 0.15) is 0 Å². The van der Waals surface area contributed by atoms with E-state index in [9.17, 15) is 0 Å². The molecule has 0 spiro atoms. The summed E-state index contributed by atoms with van der Waals surface area (Å²) < 4.78 is 0. The van der Waals surface area contributed by atoms with Gasteiger partial charge < -0.3 is 15.5 Å². The molecule has 2 rings (SSSR count). The van der Waals surface area contributed by atoms with Gasteiger partial charge in [-0.05, 0) is 38.3 Å². The molecular formula is C12H25N3. The van der Waals surface area contributed by atoms with Gasteiger partial charge in [-0.3, -0.25) is 0 Å². The minimum absolute atomic E-state index is 0.481. The van der Waals surface area contributed by atoms with Crippen LogP contribution >= 0.6 is 0 Å². The maximum Gasteiger partial charge on any atom is 0.0110 e. The number of piperazine rings is 1. The Hall–Kier alpha value is -0.120. The maximum absolute atomic E-state index is 6.11. The zero-order chi connectivity index (χ0) is 10.7. The normalized spacial score (nSPS) is 26.8. The number of rotatable bonds is 5. The molecule has 2 aliphatic rings. The van der Waals surface area contributed by atoms with E-state index in [2.05, 4.69) is 16.7 Å². The molecule has 3 heteroatoms. The van der Waals surface area contributed by atoms with Crippen molar-refractivity contribution < 1.29 is 0 Å². The molecule has 1 heterocycles. The minimum atomic E-state index is 0.481. The maximum atomic E-state index is 6.11. The van der Waals surface area contributed by atoms with E-state index in [-0.39, 0.29) is 0 Å². The SMILES string of the molecule is CCN1CCN(CCC(N)C2CC2)CC1. The lowest BCUT2D eigenvalue weighted by molar-refractivity contribution is 0.133. The average molecular weight is 211 g/mol. The lowest BCUT2D eigenvalue weighted by Crippen LogP contribution is -2.47. The zero-order valence-electron chi connectivity index (χ0n) is 9.99. The van der Waals surface area contributed by atoms with Crippen molar-refractivity contribution in [2.24, 2.45) is 11.7 Å². The van der Waals surface area contributed by atoms with Crippen LogP contribution in [0.25, 0.3) is 0 Å².